The molecule has 0 bridgehead atoms. The van der Waals surface area contributed by atoms with Gasteiger partial charge in [0.05, 0.1) is 25.0 Å². The summed E-state index contributed by atoms with van der Waals surface area (Å²) in [5, 5.41) is 0. The van der Waals surface area contributed by atoms with E-state index < -0.39 is 0 Å². The molecule has 8 heteroatoms. The van der Waals surface area contributed by atoms with Crippen molar-refractivity contribution in [3.8, 4) is 0 Å². The molecular formula is C72H145N3O5. The van der Waals surface area contributed by atoms with E-state index in [2.05, 4.69) is 63.3 Å². The lowest BCUT2D eigenvalue weighted by Crippen LogP contribution is -2.33. The van der Waals surface area contributed by atoms with Crippen LogP contribution in [0.4, 0.5) is 0 Å². The SMILES string of the molecule is CC.CCCCCCCCC(CCCCCC)C(=O)OCCCCCCN(CCCCCCOC(=O)C(CCCCCC)CCCCCCCC)CCCCN(C)CCCCC(=O)N(CCCCCCCC)CCCCCCCC. The van der Waals surface area contributed by atoms with Crippen molar-refractivity contribution in [3.05, 3.63) is 0 Å². The first-order chi connectivity index (χ1) is 39.3. The van der Waals surface area contributed by atoms with Crippen LogP contribution in [0, 0.1) is 11.8 Å². The van der Waals surface area contributed by atoms with E-state index in [-0.39, 0.29) is 23.8 Å². The Bertz CT molecular complexity index is 1180. The Morgan fingerprint density at radius 3 is 0.900 bits per heavy atom. The topological polar surface area (TPSA) is 79.4 Å². The van der Waals surface area contributed by atoms with Gasteiger partial charge in [0.15, 0.2) is 0 Å². The predicted octanol–water partition coefficient (Wildman–Crippen LogP) is 21.6. The van der Waals surface area contributed by atoms with Crippen molar-refractivity contribution in [1.82, 2.24) is 14.7 Å². The summed E-state index contributed by atoms with van der Waals surface area (Å²) in [4.78, 5) is 47.4. The van der Waals surface area contributed by atoms with Crippen LogP contribution < -0.4 is 0 Å². The minimum atomic E-state index is 0.0650. The number of carbonyl (C=O) groups is 3. The van der Waals surface area contributed by atoms with Crippen LogP contribution in [0.3, 0.4) is 0 Å². The quantitative estimate of drug-likeness (QED) is 0.0443. The third-order valence-electron chi connectivity index (χ3n) is 16.9. The Kier molecular flexibility index (Phi) is 66.8. The van der Waals surface area contributed by atoms with E-state index in [4.69, 9.17) is 9.47 Å². The van der Waals surface area contributed by atoms with Gasteiger partial charge in [0.2, 0.25) is 5.91 Å². The Morgan fingerprint density at radius 1 is 0.300 bits per heavy atom. The van der Waals surface area contributed by atoms with Crippen LogP contribution in [-0.4, -0.2) is 98.6 Å². The van der Waals surface area contributed by atoms with E-state index >= 15 is 0 Å². The first-order valence-electron chi connectivity index (χ1n) is 36.3. The average Bonchev–Trinajstić information content (AvgIpc) is 3.46. The maximum Gasteiger partial charge on any atom is 0.308 e. The van der Waals surface area contributed by atoms with Gasteiger partial charge in [-0.2, -0.15) is 0 Å². The summed E-state index contributed by atoms with van der Waals surface area (Å²) >= 11 is 0. The Hall–Kier alpha value is -1.67. The monoisotopic (exact) mass is 1130 g/mol. The fraction of sp³-hybridized carbons (Fsp3) is 0.958. The van der Waals surface area contributed by atoms with Crippen LogP contribution in [0.2, 0.25) is 0 Å². The third-order valence-corrected chi connectivity index (χ3v) is 16.9. The van der Waals surface area contributed by atoms with Gasteiger partial charge in [0, 0.05) is 19.5 Å². The summed E-state index contributed by atoms with van der Waals surface area (Å²) in [6, 6.07) is 0. The third kappa shape index (κ3) is 55.5. The number of carbonyl (C=O) groups excluding carboxylic acids is 3. The van der Waals surface area contributed by atoms with E-state index in [0.29, 0.717) is 25.5 Å². The second kappa shape index (κ2) is 66.5. The number of esters is 2. The number of nitrogens with zero attached hydrogens (tertiary/aromatic N) is 3. The van der Waals surface area contributed by atoms with Gasteiger partial charge in [-0.3, -0.25) is 14.4 Å². The zero-order chi connectivity index (χ0) is 59.0. The fourth-order valence-electron chi connectivity index (χ4n) is 11.4. The molecule has 0 saturated carbocycles. The molecule has 8 nitrogen and oxygen atoms in total. The van der Waals surface area contributed by atoms with Gasteiger partial charge in [-0.15, -0.1) is 0 Å². The second-order valence-electron chi connectivity index (χ2n) is 24.6. The molecule has 0 aliphatic heterocycles. The van der Waals surface area contributed by atoms with Gasteiger partial charge in [-0.05, 0) is 130 Å². The van der Waals surface area contributed by atoms with E-state index in [1.54, 1.807) is 0 Å². The Morgan fingerprint density at radius 2 is 0.550 bits per heavy atom. The largest absolute Gasteiger partial charge is 0.465 e. The van der Waals surface area contributed by atoms with Crippen LogP contribution >= 0.6 is 0 Å². The van der Waals surface area contributed by atoms with Crippen molar-refractivity contribution in [1.29, 1.82) is 0 Å². The highest BCUT2D eigenvalue weighted by Crippen LogP contribution is 2.23. The predicted molar refractivity (Wildman–Crippen MR) is 351 cm³/mol. The molecule has 80 heavy (non-hydrogen) atoms. The molecule has 0 aliphatic rings. The molecule has 0 aromatic carbocycles. The maximum absolute atomic E-state index is 13.4. The molecule has 1 amide bonds. The molecule has 0 aliphatic carbocycles. The van der Waals surface area contributed by atoms with Crippen molar-refractivity contribution in [2.45, 2.75) is 370 Å². The molecule has 2 atom stereocenters. The smallest absolute Gasteiger partial charge is 0.308 e. The molecule has 0 heterocycles. The first-order valence-corrected chi connectivity index (χ1v) is 36.3. The van der Waals surface area contributed by atoms with Gasteiger partial charge < -0.3 is 24.2 Å². The summed E-state index contributed by atoms with van der Waals surface area (Å²) in [6.45, 7) is 26.2. The zero-order valence-electron chi connectivity index (χ0n) is 56.0. The minimum Gasteiger partial charge on any atom is -0.465 e. The normalized spacial score (nSPS) is 12.2. The highest BCUT2D eigenvalue weighted by molar-refractivity contribution is 5.76. The lowest BCUT2D eigenvalue weighted by molar-refractivity contribution is -0.150. The molecule has 478 valence electrons. The number of amides is 1. The highest BCUT2D eigenvalue weighted by atomic mass is 16.5. The van der Waals surface area contributed by atoms with Gasteiger partial charge in [0.1, 0.15) is 0 Å². The van der Waals surface area contributed by atoms with Crippen LogP contribution in [0.5, 0.6) is 0 Å². The van der Waals surface area contributed by atoms with Crippen molar-refractivity contribution in [2.75, 3.05) is 66.1 Å². The lowest BCUT2D eigenvalue weighted by atomic mass is 9.94. The number of hydrogen-bond acceptors (Lipinski definition) is 7. The van der Waals surface area contributed by atoms with Gasteiger partial charge in [0.25, 0.3) is 0 Å². The zero-order valence-corrected chi connectivity index (χ0v) is 56.0. The van der Waals surface area contributed by atoms with Crippen molar-refractivity contribution in [3.63, 3.8) is 0 Å². The Balaban J connectivity index is 0. The van der Waals surface area contributed by atoms with E-state index in [0.717, 1.165) is 149 Å². The van der Waals surface area contributed by atoms with Gasteiger partial charge >= 0.3 is 11.9 Å². The molecule has 0 rings (SSSR count). The lowest BCUT2D eigenvalue weighted by Gasteiger charge is -2.24. The number of rotatable bonds is 64. The van der Waals surface area contributed by atoms with E-state index in [9.17, 15) is 14.4 Å². The molecule has 0 spiro atoms. The molecule has 2 unspecified atom stereocenters. The molecular weight excluding hydrogens is 987 g/mol. The first kappa shape index (κ1) is 80.4. The van der Waals surface area contributed by atoms with Gasteiger partial charge in [-0.25, -0.2) is 0 Å². The fourth-order valence-corrected chi connectivity index (χ4v) is 11.4. The van der Waals surface area contributed by atoms with Crippen LogP contribution in [-0.2, 0) is 23.9 Å². The summed E-state index contributed by atoms with van der Waals surface area (Å²) in [5.74, 6) is 0.683. The number of hydrogen-bond donors (Lipinski definition) is 0. The summed E-state index contributed by atoms with van der Waals surface area (Å²) in [7, 11) is 2.27. The van der Waals surface area contributed by atoms with Crippen LogP contribution in [0.1, 0.15) is 370 Å². The minimum absolute atomic E-state index is 0.0650. The van der Waals surface area contributed by atoms with Crippen LogP contribution in [0.25, 0.3) is 0 Å². The van der Waals surface area contributed by atoms with Crippen molar-refractivity contribution in [2.24, 2.45) is 11.8 Å². The Labute approximate surface area is 502 Å². The maximum atomic E-state index is 13.4. The molecule has 0 fully saturated rings. The number of unbranched alkanes of at least 4 members (excludes halogenated alkanes) is 34. The highest BCUT2D eigenvalue weighted by Gasteiger charge is 2.21. The molecule has 0 N–H and O–H groups in total. The standard InChI is InChI=1S/C70H139N3O5.C2H6/c1-8-14-20-26-30-40-54-66(52-38-24-18-12-5)69(75)77-64-50-36-34-43-59-72(60-44-35-37-51-65-78-70(76)67(53-39-25-19-13-6)55-41-31-27-21-15-9-2)61-49-48-58-71(7)57-47-42-56-68(74)73(62-45-32-28-22-16-10-3)63-46-33-29-23-17-11-4;1-2/h66-67H,8-65H2,1-7H3;1-2H3. The van der Waals surface area contributed by atoms with Gasteiger partial charge in [-0.1, -0.05) is 274 Å². The number of ether oxygens (including phenoxy) is 2. The van der Waals surface area contributed by atoms with E-state index in [1.165, 1.54) is 205 Å². The van der Waals surface area contributed by atoms with Crippen molar-refractivity contribution >= 4 is 17.8 Å². The molecule has 0 saturated heterocycles. The molecule has 0 radical (unpaired) electrons. The molecule has 0 aromatic rings. The summed E-state index contributed by atoms with van der Waals surface area (Å²) < 4.78 is 11.9. The van der Waals surface area contributed by atoms with E-state index in [1.807, 2.05) is 13.8 Å². The molecule has 0 aromatic heterocycles. The summed E-state index contributed by atoms with van der Waals surface area (Å²) in [5.41, 5.74) is 0. The van der Waals surface area contributed by atoms with Crippen LogP contribution in [0.15, 0.2) is 0 Å². The summed E-state index contributed by atoms with van der Waals surface area (Å²) in [6.07, 6.45) is 58.3. The second-order valence-corrected chi connectivity index (χ2v) is 24.6. The van der Waals surface area contributed by atoms with Crippen molar-refractivity contribution < 1.29 is 23.9 Å². The average molecular weight is 1130 g/mol.